The molecule has 1 fully saturated rings. The fourth-order valence-electron chi connectivity index (χ4n) is 4.55. The molecule has 11 heteroatoms. The van der Waals surface area contributed by atoms with Gasteiger partial charge in [0.15, 0.2) is 0 Å². The molecule has 4 rings (SSSR count). The van der Waals surface area contributed by atoms with Crippen molar-refractivity contribution in [2.24, 2.45) is 5.73 Å². The number of hydrogen-bond donors (Lipinski definition) is 2. The van der Waals surface area contributed by atoms with Crippen molar-refractivity contribution in [3.05, 3.63) is 75.3 Å². The maximum absolute atomic E-state index is 13.5. The largest absolute Gasteiger partial charge is 0.416 e. The average Bonchev–Trinajstić information content (AvgIpc) is 3.23. The summed E-state index contributed by atoms with van der Waals surface area (Å²) in [7, 11) is 2.03. The number of benzene rings is 2. The third-order valence-electron chi connectivity index (χ3n) is 6.47. The number of rotatable bonds is 7. The predicted molar refractivity (Wildman–Crippen MR) is 129 cm³/mol. The van der Waals surface area contributed by atoms with Crippen LogP contribution in [0.25, 0.3) is 22.5 Å². The Morgan fingerprint density at radius 3 is 2.42 bits per heavy atom. The third-order valence-corrected chi connectivity index (χ3v) is 6.47. The van der Waals surface area contributed by atoms with Gasteiger partial charge in [0.2, 0.25) is 0 Å². The number of nitro groups is 1. The van der Waals surface area contributed by atoms with Crippen LogP contribution in [0.2, 0.25) is 0 Å². The standard InChI is InChI=1S/C25H26F3N5O3/c1-31-11-13-32(14-12-31)10-9-19-21(24(29)34)23(18-7-2-3-8-20(18)33(35)36)30-22(19)16-5-4-6-17(15-16)25(26,27)28/h2-8,15,30H,9-14H2,1H3,(H2,29,34). The molecule has 0 spiro atoms. The molecule has 0 aliphatic carbocycles. The van der Waals surface area contributed by atoms with Gasteiger partial charge >= 0.3 is 6.18 Å². The number of carbonyl (C=O) groups is 1. The van der Waals surface area contributed by atoms with Gasteiger partial charge in [-0.2, -0.15) is 13.2 Å². The van der Waals surface area contributed by atoms with Gasteiger partial charge in [0.1, 0.15) is 0 Å². The van der Waals surface area contributed by atoms with Crippen LogP contribution in [0.5, 0.6) is 0 Å². The molecular formula is C25H26F3N5O3. The summed E-state index contributed by atoms with van der Waals surface area (Å²) < 4.78 is 40.4. The maximum atomic E-state index is 13.5. The number of nitrogens with one attached hydrogen (secondary N) is 1. The quantitative estimate of drug-likeness (QED) is 0.373. The number of piperazine rings is 1. The first-order valence-corrected chi connectivity index (χ1v) is 11.4. The van der Waals surface area contributed by atoms with Crippen LogP contribution in [0.3, 0.4) is 0 Å². The predicted octanol–water partition coefficient (Wildman–Crippen LogP) is 4.16. The van der Waals surface area contributed by atoms with E-state index in [1.807, 2.05) is 7.05 Å². The van der Waals surface area contributed by atoms with Crippen LogP contribution >= 0.6 is 0 Å². The highest BCUT2D eigenvalue weighted by molar-refractivity contribution is 6.04. The smallest absolute Gasteiger partial charge is 0.366 e. The zero-order valence-corrected chi connectivity index (χ0v) is 19.6. The van der Waals surface area contributed by atoms with E-state index in [0.29, 0.717) is 18.5 Å². The first-order chi connectivity index (χ1) is 17.1. The molecule has 3 aromatic rings. The van der Waals surface area contributed by atoms with Gasteiger partial charge in [0.25, 0.3) is 11.6 Å². The molecule has 3 N–H and O–H groups in total. The highest BCUT2D eigenvalue weighted by Gasteiger charge is 2.32. The molecule has 1 aliphatic heterocycles. The molecule has 36 heavy (non-hydrogen) atoms. The minimum absolute atomic E-state index is 0.0471. The molecule has 0 saturated carbocycles. The Kier molecular flexibility index (Phi) is 7.14. The molecule has 1 amide bonds. The van der Waals surface area contributed by atoms with Crippen LogP contribution in [0.1, 0.15) is 21.5 Å². The number of halogens is 3. The summed E-state index contributed by atoms with van der Waals surface area (Å²) in [6, 6.07) is 10.6. The van der Waals surface area contributed by atoms with Crippen molar-refractivity contribution in [2.75, 3.05) is 39.8 Å². The minimum atomic E-state index is -4.56. The Morgan fingerprint density at radius 1 is 1.08 bits per heavy atom. The lowest BCUT2D eigenvalue weighted by Gasteiger charge is -2.32. The topological polar surface area (TPSA) is 108 Å². The van der Waals surface area contributed by atoms with Crippen molar-refractivity contribution >= 4 is 11.6 Å². The van der Waals surface area contributed by atoms with Crippen LogP contribution in [0.4, 0.5) is 18.9 Å². The van der Waals surface area contributed by atoms with Crippen LogP contribution in [-0.2, 0) is 12.6 Å². The number of primary amides is 1. The number of carbonyl (C=O) groups excluding carboxylic acids is 1. The summed E-state index contributed by atoms with van der Waals surface area (Å²) in [5.74, 6) is -0.814. The number of aromatic nitrogens is 1. The second-order valence-electron chi connectivity index (χ2n) is 8.84. The summed E-state index contributed by atoms with van der Waals surface area (Å²) in [5.41, 5.74) is 5.92. The third kappa shape index (κ3) is 5.26. The van der Waals surface area contributed by atoms with Crippen molar-refractivity contribution in [1.82, 2.24) is 14.8 Å². The van der Waals surface area contributed by atoms with Crippen LogP contribution in [0.15, 0.2) is 48.5 Å². The zero-order valence-electron chi connectivity index (χ0n) is 19.6. The van der Waals surface area contributed by atoms with Crippen molar-refractivity contribution in [3.8, 4) is 22.5 Å². The molecule has 0 radical (unpaired) electrons. The lowest BCUT2D eigenvalue weighted by Crippen LogP contribution is -2.45. The van der Waals surface area contributed by atoms with E-state index in [-0.39, 0.29) is 33.8 Å². The van der Waals surface area contributed by atoms with Gasteiger partial charge in [-0.3, -0.25) is 14.9 Å². The first-order valence-electron chi connectivity index (χ1n) is 11.4. The van der Waals surface area contributed by atoms with Crippen molar-refractivity contribution in [1.29, 1.82) is 0 Å². The summed E-state index contributed by atoms with van der Waals surface area (Å²) in [6.45, 7) is 3.91. The van der Waals surface area contributed by atoms with Crippen LogP contribution in [-0.4, -0.2) is 65.4 Å². The molecule has 0 bridgehead atoms. The van der Waals surface area contributed by atoms with Crippen LogP contribution < -0.4 is 5.73 Å². The first kappa shape index (κ1) is 25.4. The van der Waals surface area contributed by atoms with Gasteiger partial charge in [-0.15, -0.1) is 0 Å². The highest BCUT2D eigenvalue weighted by atomic mass is 19.4. The van der Waals surface area contributed by atoms with Crippen molar-refractivity contribution in [2.45, 2.75) is 12.6 Å². The van der Waals surface area contributed by atoms with E-state index in [1.165, 1.54) is 30.3 Å². The number of hydrogen-bond acceptors (Lipinski definition) is 5. The number of alkyl halides is 3. The molecule has 8 nitrogen and oxygen atoms in total. The van der Waals surface area contributed by atoms with Gasteiger partial charge in [-0.1, -0.05) is 24.3 Å². The average molecular weight is 502 g/mol. The molecule has 1 aromatic heterocycles. The molecule has 0 unspecified atom stereocenters. The molecule has 2 heterocycles. The monoisotopic (exact) mass is 501 g/mol. The summed E-state index contributed by atoms with van der Waals surface area (Å²) >= 11 is 0. The second kappa shape index (κ2) is 10.1. The van der Waals surface area contributed by atoms with Gasteiger partial charge in [-0.25, -0.2) is 0 Å². The van der Waals surface area contributed by atoms with E-state index in [4.69, 9.17) is 5.73 Å². The van der Waals surface area contributed by atoms with Gasteiger partial charge < -0.3 is 20.5 Å². The Balaban J connectivity index is 1.87. The molecule has 190 valence electrons. The molecule has 2 aromatic carbocycles. The number of amides is 1. The number of nitrogens with zero attached hydrogens (tertiary/aromatic N) is 3. The number of nitrogens with two attached hydrogens (primary N) is 1. The van der Waals surface area contributed by atoms with E-state index >= 15 is 0 Å². The number of H-pyrrole nitrogens is 1. The SMILES string of the molecule is CN1CCN(CCc2c(-c3cccc(C(F)(F)F)c3)[nH]c(-c3ccccc3[N+](=O)[O-])c2C(N)=O)CC1. The molecule has 0 atom stereocenters. The summed E-state index contributed by atoms with van der Waals surface area (Å²) in [5, 5.41) is 11.7. The summed E-state index contributed by atoms with van der Waals surface area (Å²) in [4.78, 5) is 31.2. The fraction of sp³-hybridized carbons (Fsp3) is 0.320. The van der Waals surface area contributed by atoms with E-state index in [9.17, 15) is 28.1 Å². The van der Waals surface area contributed by atoms with E-state index in [1.54, 1.807) is 6.07 Å². The molecule has 1 aliphatic rings. The normalized spacial score (nSPS) is 15.2. The minimum Gasteiger partial charge on any atom is -0.366 e. The van der Waals surface area contributed by atoms with E-state index < -0.39 is 22.6 Å². The van der Waals surface area contributed by atoms with Gasteiger partial charge in [0, 0.05) is 44.5 Å². The second-order valence-corrected chi connectivity index (χ2v) is 8.84. The maximum Gasteiger partial charge on any atom is 0.416 e. The number of aromatic amines is 1. The Hall–Kier alpha value is -3.70. The summed E-state index contributed by atoms with van der Waals surface area (Å²) in [6.07, 6.45) is -4.24. The zero-order chi connectivity index (χ0) is 26.0. The van der Waals surface area contributed by atoms with Gasteiger partial charge in [0.05, 0.1) is 27.3 Å². The van der Waals surface area contributed by atoms with Crippen molar-refractivity contribution in [3.63, 3.8) is 0 Å². The van der Waals surface area contributed by atoms with Crippen LogP contribution in [0, 0.1) is 10.1 Å². The Labute approximate surface area is 205 Å². The number of likely N-dealkylation sites (N-methyl/N-ethyl adjacent to an activating group) is 1. The number of para-hydroxylation sites is 1. The highest BCUT2D eigenvalue weighted by Crippen LogP contribution is 2.39. The fourth-order valence-corrected chi connectivity index (χ4v) is 4.55. The van der Waals surface area contributed by atoms with E-state index in [2.05, 4.69) is 14.8 Å². The van der Waals surface area contributed by atoms with E-state index in [0.717, 1.165) is 38.3 Å². The molecular weight excluding hydrogens is 475 g/mol. The van der Waals surface area contributed by atoms with Crippen molar-refractivity contribution < 1.29 is 22.9 Å². The Bertz CT molecular complexity index is 1280. The Morgan fingerprint density at radius 2 is 1.78 bits per heavy atom. The number of nitro benzene ring substituents is 1. The lowest BCUT2D eigenvalue weighted by atomic mass is 9.97. The lowest BCUT2D eigenvalue weighted by molar-refractivity contribution is -0.384. The molecule has 1 saturated heterocycles. The van der Waals surface area contributed by atoms with Gasteiger partial charge in [-0.05, 0) is 42.8 Å².